The van der Waals surface area contributed by atoms with Gasteiger partial charge >= 0.3 is 0 Å². The Hall–Kier alpha value is -1.26. The van der Waals surface area contributed by atoms with Gasteiger partial charge in [-0.05, 0) is 24.8 Å². The largest absolute Gasteiger partial charge is 0.380 e. The Bertz CT molecular complexity index is 357. The molecular formula is C14H16O. The molecule has 1 N–H and O–H groups in total. The average molecular weight is 200 g/mol. The Morgan fingerprint density at radius 3 is 2.47 bits per heavy atom. The van der Waals surface area contributed by atoms with E-state index in [2.05, 4.69) is 18.1 Å². The van der Waals surface area contributed by atoms with Gasteiger partial charge in [0.15, 0.2) is 0 Å². The van der Waals surface area contributed by atoms with Crippen molar-refractivity contribution >= 4 is 0 Å². The number of aliphatic hydroxyl groups excluding tert-OH is 1. The van der Waals surface area contributed by atoms with Crippen LogP contribution in [0.25, 0.3) is 0 Å². The van der Waals surface area contributed by atoms with Crippen molar-refractivity contribution in [2.75, 3.05) is 0 Å². The molecule has 1 saturated carbocycles. The summed E-state index contributed by atoms with van der Waals surface area (Å²) >= 11 is 0. The molecule has 78 valence electrons. The van der Waals surface area contributed by atoms with Gasteiger partial charge in [-0.15, -0.1) is 6.42 Å². The minimum Gasteiger partial charge on any atom is -0.380 e. The van der Waals surface area contributed by atoms with Gasteiger partial charge in [0.25, 0.3) is 0 Å². The first-order valence-electron chi connectivity index (χ1n) is 5.45. The molecule has 1 aliphatic rings. The highest BCUT2D eigenvalue weighted by atomic mass is 16.3. The van der Waals surface area contributed by atoms with Crippen LogP contribution >= 0.6 is 0 Å². The second kappa shape index (κ2) is 4.08. The highest BCUT2D eigenvalue weighted by Crippen LogP contribution is 2.46. The first-order chi connectivity index (χ1) is 7.27. The number of hydrogen-bond acceptors (Lipinski definition) is 1. The monoisotopic (exact) mass is 200 g/mol. The van der Waals surface area contributed by atoms with Crippen LogP contribution in [0.5, 0.6) is 0 Å². The number of terminal acetylenes is 1. The van der Waals surface area contributed by atoms with E-state index in [1.165, 1.54) is 12.0 Å². The van der Waals surface area contributed by atoms with Crippen LogP contribution in [0.1, 0.15) is 24.8 Å². The molecule has 1 aromatic rings. The average Bonchev–Trinajstić information content (AvgIpc) is 2.24. The molecule has 1 unspecified atom stereocenters. The van der Waals surface area contributed by atoms with Crippen LogP contribution in [0.2, 0.25) is 0 Å². The van der Waals surface area contributed by atoms with Crippen LogP contribution in [-0.2, 0) is 6.42 Å². The van der Waals surface area contributed by atoms with E-state index in [9.17, 15) is 5.11 Å². The van der Waals surface area contributed by atoms with Crippen LogP contribution in [-0.4, -0.2) is 11.2 Å². The van der Waals surface area contributed by atoms with Crippen molar-refractivity contribution in [1.82, 2.24) is 0 Å². The standard InChI is InChI=1S/C14H16O/c1-2-13(15)14(9-6-10-14)11-12-7-4-3-5-8-12/h1,3-5,7-8,13,15H,6,9-11H2. The maximum absolute atomic E-state index is 9.85. The summed E-state index contributed by atoms with van der Waals surface area (Å²) in [4.78, 5) is 0. The molecule has 1 fully saturated rings. The molecule has 0 aromatic heterocycles. The maximum Gasteiger partial charge on any atom is 0.120 e. The zero-order valence-electron chi connectivity index (χ0n) is 8.82. The summed E-state index contributed by atoms with van der Waals surface area (Å²) in [7, 11) is 0. The minimum atomic E-state index is -0.591. The molecule has 0 spiro atoms. The van der Waals surface area contributed by atoms with Gasteiger partial charge < -0.3 is 5.11 Å². The third-order valence-corrected chi connectivity index (χ3v) is 3.49. The molecule has 1 atom stereocenters. The Labute approximate surface area is 91.1 Å². The van der Waals surface area contributed by atoms with Crippen LogP contribution in [0.4, 0.5) is 0 Å². The lowest BCUT2D eigenvalue weighted by Crippen LogP contribution is -2.42. The number of hydrogen-bond donors (Lipinski definition) is 1. The highest BCUT2D eigenvalue weighted by molar-refractivity contribution is 5.20. The molecule has 1 aromatic carbocycles. The summed E-state index contributed by atoms with van der Waals surface area (Å²) in [6, 6.07) is 10.3. The minimum absolute atomic E-state index is 0.0455. The fraction of sp³-hybridized carbons (Fsp3) is 0.429. The molecule has 0 amide bonds. The van der Waals surface area contributed by atoms with Crippen molar-refractivity contribution in [3.05, 3.63) is 35.9 Å². The first-order valence-corrected chi connectivity index (χ1v) is 5.45. The fourth-order valence-corrected chi connectivity index (χ4v) is 2.36. The normalized spacial score (nSPS) is 20.0. The maximum atomic E-state index is 9.85. The number of benzene rings is 1. The van der Waals surface area contributed by atoms with E-state index >= 15 is 0 Å². The van der Waals surface area contributed by atoms with Crippen LogP contribution < -0.4 is 0 Å². The summed E-state index contributed by atoms with van der Waals surface area (Å²) < 4.78 is 0. The fourth-order valence-electron chi connectivity index (χ4n) is 2.36. The lowest BCUT2D eigenvalue weighted by Gasteiger charge is -2.44. The first kappa shape index (κ1) is 10.3. The molecule has 0 radical (unpaired) electrons. The van der Waals surface area contributed by atoms with Gasteiger partial charge in [0.1, 0.15) is 6.10 Å². The van der Waals surface area contributed by atoms with E-state index in [-0.39, 0.29) is 5.41 Å². The lowest BCUT2D eigenvalue weighted by atomic mass is 9.62. The Morgan fingerprint density at radius 1 is 1.33 bits per heavy atom. The van der Waals surface area contributed by atoms with Crippen molar-refractivity contribution in [2.45, 2.75) is 31.8 Å². The molecule has 1 aliphatic carbocycles. The van der Waals surface area contributed by atoms with Crippen molar-refractivity contribution in [1.29, 1.82) is 0 Å². The van der Waals surface area contributed by atoms with E-state index in [1.54, 1.807) is 0 Å². The zero-order valence-corrected chi connectivity index (χ0v) is 8.82. The van der Waals surface area contributed by atoms with Crippen molar-refractivity contribution in [2.24, 2.45) is 5.41 Å². The SMILES string of the molecule is C#CC(O)C1(Cc2ccccc2)CCC1. The highest BCUT2D eigenvalue weighted by Gasteiger charge is 2.42. The van der Waals surface area contributed by atoms with E-state index in [1.807, 2.05) is 18.2 Å². The van der Waals surface area contributed by atoms with Gasteiger partial charge in [-0.1, -0.05) is 42.7 Å². The van der Waals surface area contributed by atoms with E-state index in [0.717, 1.165) is 19.3 Å². The van der Waals surface area contributed by atoms with E-state index < -0.39 is 6.10 Å². The van der Waals surface area contributed by atoms with Crippen molar-refractivity contribution in [3.63, 3.8) is 0 Å². The van der Waals surface area contributed by atoms with E-state index in [0.29, 0.717) is 0 Å². The van der Waals surface area contributed by atoms with Gasteiger partial charge in [0.05, 0.1) is 0 Å². The van der Waals surface area contributed by atoms with Crippen molar-refractivity contribution < 1.29 is 5.11 Å². The number of aliphatic hydroxyl groups is 1. The van der Waals surface area contributed by atoms with Crippen LogP contribution in [0.3, 0.4) is 0 Å². The van der Waals surface area contributed by atoms with Crippen molar-refractivity contribution in [3.8, 4) is 12.3 Å². The Kier molecular flexibility index (Phi) is 2.79. The molecule has 0 heterocycles. The van der Waals surface area contributed by atoms with E-state index in [4.69, 9.17) is 6.42 Å². The second-order valence-corrected chi connectivity index (χ2v) is 4.45. The molecule has 1 nitrogen and oxygen atoms in total. The summed E-state index contributed by atoms with van der Waals surface area (Å²) in [5.41, 5.74) is 1.22. The third kappa shape index (κ3) is 1.91. The topological polar surface area (TPSA) is 20.2 Å². The summed E-state index contributed by atoms with van der Waals surface area (Å²) in [6.07, 6.45) is 8.92. The number of rotatable bonds is 3. The smallest absolute Gasteiger partial charge is 0.120 e. The predicted octanol–water partition coefficient (Wildman–Crippen LogP) is 2.39. The molecule has 0 saturated heterocycles. The van der Waals surface area contributed by atoms with Crippen LogP contribution in [0.15, 0.2) is 30.3 Å². The summed E-state index contributed by atoms with van der Waals surface area (Å²) in [5, 5.41) is 9.85. The summed E-state index contributed by atoms with van der Waals surface area (Å²) in [6.45, 7) is 0. The molecular weight excluding hydrogens is 184 g/mol. The van der Waals surface area contributed by atoms with Gasteiger partial charge in [-0.3, -0.25) is 0 Å². The second-order valence-electron chi connectivity index (χ2n) is 4.45. The van der Waals surface area contributed by atoms with Gasteiger partial charge in [-0.25, -0.2) is 0 Å². The predicted molar refractivity (Wildman–Crippen MR) is 61.3 cm³/mol. The molecule has 0 aliphatic heterocycles. The molecule has 1 heteroatoms. The summed E-state index contributed by atoms with van der Waals surface area (Å²) in [5.74, 6) is 2.48. The molecule has 0 bridgehead atoms. The quantitative estimate of drug-likeness (QED) is 0.743. The van der Waals surface area contributed by atoms with Gasteiger partial charge in [0.2, 0.25) is 0 Å². The van der Waals surface area contributed by atoms with Gasteiger partial charge in [-0.2, -0.15) is 0 Å². The Morgan fingerprint density at radius 2 is 2.00 bits per heavy atom. The van der Waals surface area contributed by atoms with Crippen LogP contribution in [0, 0.1) is 17.8 Å². The molecule has 2 rings (SSSR count). The lowest BCUT2D eigenvalue weighted by molar-refractivity contribution is 0.00107. The molecule has 15 heavy (non-hydrogen) atoms. The zero-order chi connectivity index (χ0) is 10.7. The van der Waals surface area contributed by atoms with Gasteiger partial charge in [0, 0.05) is 5.41 Å². The third-order valence-electron chi connectivity index (χ3n) is 3.49. The Balaban J connectivity index is 2.13.